The molecule has 0 fully saturated rings. The summed E-state index contributed by atoms with van der Waals surface area (Å²) in [6, 6.07) is 0. The van der Waals surface area contributed by atoms with Crippen molar-refractivity contribution in [3.05, 3.63) is 5.21 Å². The third-order valence-electron chi connectivity index (χ3n) is 2.82. The molecule has 0 amide bonds. The Morgan fingerprint density at radius 3 is 2.23 bits per heavy atom. The summed E-state index contributed by atoms with van der Waals surface area (Å²) in [5.41, 5.74) is -0.451. The summed E-state index contributed by atoms with van der Waals surface area (Å²) in [7, 11) is 0. The minimum Gasteiger partial charge on any atom is -0.466 e. The fourth-order valence-corrected chi connectivity index (χ4v) is 1.98. The zero-order valence-electron chi connectivity index (χ0n) is 12.7. The lowest BCUT2D eigenvalue weighted by Gasteiger charge is -2.16. The number of hydrogen-bond acceptors (Lipinski definition) is 8. The molecule has 1 aliphatic rings. The highest BCUT2D eigenvalue weighted by atomic mass is 16.9. The van der Waals surface area contributed by atoms with E-state index in [1.165, 1.54) is 0 Å². The topological polar surface area (TPSA) is 114 Å². The van der Waals surface area contributed by atoms with E-state index in [4.69, 9.17) is 19.0 Å². The SMILES string of the molecule is CCOC(=O)CC1C(C(=O)OCC)=[N+]([O-])OC1C(=O)OCC. The second-order valence-electron chi connectivity index (χ2n) is 4.26. The third kappa shape index (κ3) is 4.09. The van der Waals surface area contributed by atoms with Crippen LogP contribution in [0.5, 0.6) is 0 Å². The minimum atomic E-state index is -1.39. The summed E-state index contributed by atoms with van der Waals surface area (Å²) in [5, 5.41) is 11.8. The van der Waals surface area contributed by atoms with Crippen molar-refractivity contribution in [2.24, 2.45) is 5.92 Å². The quantitative estimate of drug-likeness (QED) is 0.364. The molecule has 0 saturated carbocycles. The van der Waals surface area contributed by atoms with Crippen LogP contribution in [-0.2, 0) is 33.4 Å². The van der Waals surface area contributed by atoms with E-state index < -0.39 is 35.6 Å². The van der Waals surface area contributed by atoms with Crippen molar-refractivity contribution in [1.29, 1.82) is 0 Å². The molecular weight excluding hydrogens is 298 g/mol. The first-order chi connectivity index (χ1) is 10.5. The second-order valence-corrected chi connectivity index (χ2v) is 4.26. The normalized spacial score (nSPS) is 20.3. The predicted octanol–water partition coefficient (Wildman–Crippen LogP) is -0.0529. The molecule has 0 aliphatic carbocycles. The Balaban J connectivity index is 3.00. The van der Waals surface area contributed by atoms with Crippen LogP contribution < -0.4 is 0 Å². The highest BCUT2D eigenvalue weighted by Crippen LogP contribution is 2.24. The number of esters is 3. The van der Waals surface area contributed by atoms with Crippen molar-refractivity contribution in [1.82, 2.24) is 0 Å². The van der Waals surface area contributed by atoms with Gasteiger partial charge in [0, 0.05) is 0 Å². The van der Waals surface area contributed by atoms with Gasteiger partial charge < -0.3 is 19.0 Å². The first kappa shape index (κ1) is 17.7. The molecule has 1 heterocycles. The molecule has 0 saturated heterocycles. The van der Waals surface area contributed by atoms with E-state index in [-0.39, 0.29) is 31.1 Å². The first-order valence-electron chi connectivity index (χ1n) is 6.96. The maximum atomic E-state index is 11.8. The molecule has 0 aromatic carbocycles. The highest BCUT2D eigenvalue weighted by molar-refractivity contribution is 6.36. The van der Waals surface area contributed by atoms with Crippen LogP contribution in [0.4, 0.5) is 0 Å². The summed E-state index contributed by atoms with van der Waals surface area (Å²) in [4.78, 5) is 40.0. The Bertz CT molecular complexity index is 473. The van der Waals surface area contributed by atoms with E-state index in [0.29, 0.717) is 0 Å². The van der Waals surface area contributed by atoms with Gasteiger partial charge in [0.25, 0.3) is 0 Å². The van der Waals surface area contributed by atoms with Gasteiger partial charge in [-0.05, 0) is 20.8 Å². The van der Waals surface area contributed by atoms with Crippen LogP contribution in [0.1, 0.15) is 27.2 Å². The lowest BCUT2D eigenvalue weighted by atomic mass is 9.93. The van der Waals surface area contributed by atoms with Crippen molar-refractivity contribution >= 4 is 23.6 Å². The molecule has 0 spiro atoms. The van der Waals surface area contributed by atoms with Gasteiger partial charge >= 0.3 is 23.6 Å². The molecule has 2 atom stereocenters. The smallest absolute Gasteiger partial charge is 0.405 e. The van der Waals surface area contributed by atoms with E-state index in [2.05, 4.69) is 0 Å². The van der Waals surface area contributed by atoms with Crippen LogP contribution in [0.15, 0.2) is 0 Å². The van der Waals surface area contributed by atoms with Crippen LogP contribution in [0.2, 0.25) is 0 Å². The van der Waals surface area contributed by atoms with Crippen molar-refractivity contribution in [2.75, 3.05) is 19.8 Å². The van der Waals surface area contributed by atoms with Gasteiger partial charge in [-0.2, -0.15) is 0 Å². The summed E-state index contributed by atoms with van der Waals surface area (Å²) in [6.07, 6.45) is -1.76. The average molecular weight is 317 g/mol. The molecule has 124 valence electrons. The Hall–Kier alpha value is -2.32. The molecule has 0 N–H and O–H groups in total. The molecular formula is C13H19NO8. The summed E-state index contributed by atoms with van der Waals surface area (Å²) < 4.78 is 14.3. The van der Waals surface area contributed by atoms with Crippen molar-refractivity contribution < 1.29 is 38.3 Å². The van der Waals surface area contributed by atoms with Crippen LogP contribution in [0.25, 0.3) is 0 Å². The van der Waals surface area contributed by atoms with E-state index >= 15 is 0 Å². The number of hydrogen-bond donors (Lipinski definition) is 0. The maximum absolute atomic E-state index is 11.8. The monoisotopic (exact) mass is 317 g/mol. The molecule has 2 unspecified atom stereocenters. The van der Waals surface area contributed by atoms with Gasteiger partial charge in [-0.1, -0.05) is 0 Å². The maximum Gasteiger partial charge on any atom is 0.405 e. The van der Waals surface area contributed by atoms with Crippen molar-refractivity contribution in [3.63, 3.8) is 0 Å². The van der Waals surface area contributed by atoms with E-state index in [1.807, 2.05) is 0 Å². The summed E-state index contributed by atoms with van der Waals surface area (Å²) in [6.45, 7) is 4.99. The number of carbonyl (C=O) groups is 3. The van der Waals surface area contributed by atoms with Gasteiger partial charge in [0.2, 0.25) is 0 Å². The molecule has 22 heavy (non-hydrogen) atoms. The van der Waals surface area contributed by atoms with Crippen LogP contribution in [0, 0.1) is 11.1 Å². The van der Waals surface area contributed by atoms with Gasteiger partial charge in [0.05, 0.1) is 37.1 Å². The lowest BCUT2D eigenvalue weighted by molar-refractivity contribution is -0.737. The number of nitrogens with zero attached hydrogens (tertiary/aromatic N) is 1. The average Bonchev–Trinajstić information content (AvgIpc) is 2.76. The second kappa shape index (κ2) is 8.20. The number of carbonyl (C=O) groups excluding carboxylic acids is 3. The fourth-order valence-electron chi connectivity index (χ4n) is 1.98. The molecule has 0 radical (unpaired) electrons. The largest absolute Gasteiger partial charge is 0.466 e. The molecule has 9 nitrogen and oxygen atoms in total. The van der Waals surface area contributed by atoms with Crippen molar-refractivity contribution in [2.45, 2.75) is 33.3 Å². The highest BCUT2D eigenvalue weighted by Gasteiger charge is 2.50. The third-order valence-corrected chi connectivity index (χ3v) is 2.82. The van der Waals surface area contributed by atoms with E-state index in [0.717, 1.165) is 0 Å². The predicted molar refractivity (Wildman–Crippen MR) is 71.5 cm³/mol. The molecule has 1 aliphatic heterocycles. The molecule has 0 aromatic rings. The van der Waals surface area contributed by atoms with Crippen LogP contribution in [0.3, 0.4) is 0 Å². The van der Waals surface area contributed by atoms with Crippen LogP contribution in [-0.4, -0.2) is 54.4 Å². The standard InChI is InChI=1S/C13H19NO8/c1-4-19-9(15)7-8-10(12(16)20-5-2)14(18)22-11(8)13(17)21-6-3/h8,11H,4-7H2,1-3H3. The van der Waals surface area contributed by atoms with Crippen LogP contribution >= 0.6 is 0 Å². The molecule has 0 bridgehead atoms. The van der Waals surface area contributed by atoms with E-state index in [9.17, 15) is 19.6 Å². The Labute approximate surface area is 127 Å². The Morgan fingerprint density at radius 2 is 1.68 bits per heavy atom. The Morgan fingerprint density at radius 1 is 1.09 bits per heavy atom. The zero-order valence-corrected chi connectivity index (χ0v) is 12.7. The first-order valence-corrected chi connectivity index (χ1v) is 6.96. The molecule has 9 heteroatoms. The van der Waals surface area contributed by atoms with Gasteiger partial charge in [-0.25, -0.2) is 4.79 Å². The zero-order chi connectivity index (χ0) is 16.7. The van der Waals surface area contributed by atoms with Gasteiger partial charge in [0.1, 0.15) is 0 Å². The van der Waals surface area contributed by atoms with Crippen molar-refractivity contribution in [3.8, 4) is 0 Å². The number of rotatable bonds is 7. The van der Waals surface area contributed by atoms with E-state index in [1.54, 1.807) is 20.8 Å². The fraction of sp³-hybridized carbons (Fsp3) is 0.692. The minimum absolute atomic E-state index is 0.0341. The van der Waals surface area contributed by atoms with Gasteiger partial charge in [0.15, 0.2) is 6.10 Å². The lowest BCUT2D eigenvalue weighted by Crippen LogP contribution is -2.37. The molecule has 1 rings (SSSR count). The summed E-state index contributed by atoms with van der Waals surface area (Å²) >= 11 is 0. The summed E-state index contributed by atoms with van der Waals surface area (Å²) in [5.74, 6) is -3.56. The Kier molecular flexibility index (Phi) is 6.61. The van der Waals surface area contributed by atoms with Gasteiger partial charge in [-0.3, -0.25) is 14.8 Å². The van der Waals surface area contributed by atoms with Gasteiger partial charge in [-0.15, -0.1) is 0 Å². The molecule has 0 aromatic heterocycles. The number of ether oxygens (including phenoxy) is 3.